The molecule has 0 bridgehead atoms. The minimum atomic E-state index is -0.474. The van der Waals surface area contributed by atoms with Gasteiger partial charge in [-0.2, -0.15) is 4.73 Å². The van der Waals surface area contributed by atoms with Gasteiger partial charge in [-0.25, -0.2) is 0 Å². The Bertz CT molecular complexity index is 810. The van der Waals surface area contributed by atoms with Crippen molar-refractivity contribution in [1.29, 1.82) is 0 Å². The second-order valence-electron chi connectivity index (χ2n) is 4.71. The van der Waals surface area contributed by atoms with Crippen molar-refractivity contribution in [3.8, 4) is 5.75 Å². The fourth-order valence-electron chi connectivity index (χ4n) is 1.88. The summed E-state index contributed by atoms with van der Waals surface area (Å²) in [6, 6.07) is 10.7. The minimum Gasteiger partial charge on any atom is -0.457 e. The molecule has 1 heterocycles. The lowest BCUT2D eigenvalue weighted by molar-refractivity contribution is 0.175. The van der Waals surface area contributed by atoms with Crippen LogP contribution in [0.3, 0.4) is 0 Å². The standard InChI is InChI=1S/C18H18N2O3S/c1-4-7-14(5-2)23-15-9-11-16(12-10-15)24-19(3)17-8-6-13-20(22)18(17)21/h4-13,22H,1-2H2,3H3/b14-7+. The van der Waals surface area contributed by atoms with E-state index in [-0.39, 0.29) is 0 Å². The number of hydrogen-bond donors (Lipinski definition) is 1. The van der Waals surface area contributed by atoms with E-state index in [9.17, 15) is 10.0 Å². The van der Waals surface area contributed by atoms with Crippen LogP contribution in [0.1, 0.15) is 0 Å². The van der Waals surface area contributed by atoms with Crippen molar-refractivity contribution < 1.29 is 9.94 Å². The predicted molar refractivity (Wildman–Crippen MR) is 97.7 cm³/mol. The first-order chi connectivity index (χ1) is 11.5. The molecule has 2 aromatic rings. The van der Waals surface area contributed by atoms with Crippen LogP contribution < -0.4 is 14.6 Å². The van der Waals surface area contributed by atoms with Crippen LogP contribution in [0.2, 0.25) is 0 Å². The van der Waals surface area contributed by atoms with Gasteiger partial charge in [-0.05, 0) is 60.5 Å². The van der Waals surface area contributed by atoms with Crippen LogP contribution in [-0.4, -0.2) is 17.0 Å². The average molecular weight is 342 g/mol. The molecule has 0 aliphatic carbocycles. The number of allylic oxidation sites excluding steroid dienone is 3. The van der Waals surface area contributed by atoms with Gasteiger partial charge in [0.05, 0.1) is 0 Å². The molecular formula is C18H18N2O3S. The molecular weight excluding hydrogens is 324 g/mol. The van der Waals surface area contributed by atoms with E-state index in [1.165, 1.54) is 18.1 Å². The number of nitrogens with zero attached hydrogens (tertiary/aromatic N) is 2. The Morgan fingerprint density at radius 1 is 1.29 bits per heavy atom. The number of ether oxygens (including phenoxy) is 1. The zero-order valence-corrected chi connectivity index (χ0v) is 14.1. The molecule has 24 heavy (non-hydrogen) atoms. The van der Waals surface area contributed by atoms with Crippen LogP contribution in [0.25, 0.3) is 0 Å². The third kappa shape index (κ3) is 4.33. The second-order valence-corrected chi connectivity index (χ2v) is 5.92. The Labute approximate surface area is 144 Å². The maximum absolute atomic E-state index is 11.9. The molecule has 6 heteroatoms. The molecule has 0 radical (unpaired) electrons. The summed E-state index contributed by atoms with van der Waals surface area (Å²) in [5.74, 6) is 1.28. The van der Waals surface area contributed by atoms with Crippen molar-refractivity contribution in [1.82, 2.24) is 4.73 Å². The summed E-state index contributed by atoms with van der Waals surface area (Å²) in [7, 11) is 1.76. The van der Waals surface area contributed by atoms with Gasteiger partial charge in [0.2, 0.25) is 0 Å². The Kier molecular flexibility index (Phi) is 5.92. The highest BCUT2D eigenvalue weighted by molar-refractivity contribution is 8.00. The highest BCUT2D eigenvalue weighted by atomic mass is 32.2. The molecule has 0 saturated heterocycles. The molecule has 0 amide bonds. The van der Waals surface area contributed by atoms with Crippen LogP contribution in [0, 0.1) is 0 Å². The highest BCUT2D eigenvalue weighted by Gasteiger charge is 2.09. The molecule has 0 aliphatic rings. The minimum absolute atomic E-state index is 0.383. The molecule has 0 spiro atoms. The lowest BCUT2D eigenvalue weighted by Gasteiger charge is -2.17. The zero-order valence-electron chi connectivity index (χ0n) is 13.3. The third-order valence-corrected chi connectivity index (χ3v) is 3.99. The van der Waals surface area contributed by atoms with Crippen LogP contribution in [-0.2, 0) is 0 Å². The van der Waals surface area contributed by atoms with Gasteiger partial charge in [-0.15, -0.1) is 0 Å². The summed E-state index contributed by atoms with van der Waals surface area (Å²) in [4.78, 5) is 12.8. The number of anilines is 1. The molecule has 1 aromatic carbocycles. The molecule has 5 nitrogen and oxygen atoms in total. The van der Waals surface area contributed by atoms with E-state index in [1.807, 2.05) is 24.3 Å². The van der Waals surface area contributed by atoms with E-state index in [4.69, 9.17) is 4.74 Å². The number of benzene rings is 1. The maximum Gasteiger partial charge on any atom is 0.307 e. The second kappa shape index (κ2) is 8.12. The molecule has 0 atom stereocenters. The fourth-order valence-corrected chi connectivity index (χ4v) is 2.69. The van der Waals surface area contributed by atoms with Gasteiger partial charge in [-0.1, -0.05) is 19.2 Å². The molecule has 0 fully saturated rings. The largest absolute Gasteiger partial charge is 0.457 e. The monoisotopic (exact) mass is 342 g/mol. The van der Waals surface area contributed by atoms with E-state index in [2.05, 4.69) is 13.2 Å². The van der Waals surface area contributed by atoms with E-state index < -0.39 is 5.56 Å². The van der Waals surface area contributed by atoms with Gasteiger partial charge >= 0.3 is 5.56 Å². The highest BCUT2D eigenvalue weighted by Crippen LogP contribution is 2.27. The topological polar surface area (TPSA) is 54.7 Å². The first kappa shape index (κ1) is 17.5. The summed E-state index contributed by atoms with van der Waals surface area (Å²) in [6.45, 7) is 7.30. The Hall–Kier alpha value is -2.86. The number of pyridine rings is 1. The maximum atomic E-state index is 11.9. The van der Waals surface area contributed by atoms with Crippen LogP contribution in [0.4, 0.5) is 5.69 Å². The number of hydrogen-bond acceptors (Lipinski definition) is 5. The molecule has 0 unspecified atom stereocenters. The number of rotatable bonds is 7. The quantitative estimate of drug-likeness (QED) is 0.358. The Balaban J connectivity index is 2.10. The molecule has 0 aliphatic heterocycles. The summed E-state index contributed by atoms with van der Waals surface area (Å²) in [6.07, 6.45) is 6.25. The molecule has 1 aromatic heterocycles. The van der Waals surface area contributed by atoms with Crippen molar-refractivity contribution in [2.24, 2.45) is 0 Å². The van der Waals surface area contributed by atoms with Crippen molar-refractivity contribution in [2.45, 2.75) is 4.90 Å². The van der Waals surface area contributed by atoms with Gasteiger partial charge in [-0.3, -0.25) is 4.79 Å². The first-order valence-corrected chi connectivity index (χ1v) is 7.88. The van der Waals surface area contributed by atoms with Gasteiger partial charge in [0.15, 0.2) is 0 Å². The van der Waals surface area contributed by atoms with Crippen molar-refractivity contribution in [2.75, 3.05) is 11.4 Å². The van der Waals surface area contributed by atoms with Crippen molar-refractivity contribution in [3.05, 3.63) is 90.1 Å². The fraction of sp³-hybridized carbons (Fsp3) is 0.0556. The summed E-state index contributed by atoms with van der Waals surface area (Å²) >= 11 is 1.37. The Morgan fingerprint density at radius 3 is 2.62 bits per heavy atom. The molecule has 0 saturated carbocycles. The van der Waals surface area contributed by atoms with Crippen LogP contribution >= 0.6 is 11.9 Å². The SMILES string of the molecule is C=C/C=C(\C=C)Oc1ccc(SN(C)c2cccn(O)c2=O)cc1. The molecule has 124 valence electrons. The van der Waals surface area contributed by atoms with Crippen molar-refractivity contribution >= 4 is 17.6 Å². The van der Waals surface area contributed by atoms with Gasteiger partial charge in [0.1, 0.15) is 17.2 Å². The van der Waals surface area contributed by atoms with Gasteiger partial charge < -0.3 is 14.2 Å². The number of aromatic nitrogens is 1. The van der Waals surface area contributed by atoms with Crippen molar-refractivity contribution in [3.63, 3.8) is 0 Å². The molecule has 1 N–H and O–H groups in total. The van der Waals surface area contributed by atoms with E-state index >= 15 is 0 Å². The lowest BCUT2D eigenvalue weighted by Crippen LogP contribution is -2.23. The van der Waals surface area contributed by atoms with Crippen LogP contribution in [0.15, 0.2) is 89.4 Å². The Morgan fingerprint density at radius 2 is 2.00 bits per heavy atom. The normalized spacial score (nSPS) is 11.0. The average Bonchev–Trinajstić information content (AvgIpc) is 2.58. The first-order valence-electron chi connectivity index (χ1n) is 7.11. The lowest BCUT2D eigenvalue weighted by atomic mass is 10.3. The van der Waals surface area contributed by atoms with Gasteiger partial charge in [0, 0.05) is 18.1 Å². The zero-order chi connectivity index (χ0) is 17.5. The third-order valence-electron chi connectivity index (χ3n) is 3.03. The smallest absolute Gasteiger partial charge is 0.307 e. The summed E-state index contributed by atoms with van der Waals surface area (Å²) in [5.41, 5.74) is -0.0918. The summed E-state index contributed by atoms with van der Waals surface area (Å²) in [5, 5.41) is 9.43. The van der Waals surface area contributed by atoms with Crippen LogP contribution in [0.5, 0.6) is 5.75 Å². The van der Waals surface area contributed by atoms with E-state index in [1.54, 1.807) is 41.7 Å². The molecule has 2 rings (SSSR count). The van der Waals surface area contributed by atoms with Gasteiger partial charge in [0.25, 0.3) is 0 Å². The summed E-state index contributed by atoms with van der Waals surface area (Å²) < 4.78 is 7.90. The van der Waals surface area contributed by atoms with E-state index in [0.717, 1.165) is 4.90 Å². The van der Waals surface area contributed by atoms with E-state index in [0.29, 0.717) is 21.9 Å². The predicted octanol–water partition coefficient (Wildman–Crippen LogP) is 3.86.